The predicted molar refractivity (Wildman–Crippen MR) is 106 cm³/mol. The average molecular weight is 399 g/mol. The highest BCUT2D eigenvalue weighted by atomic mass is 32.1. The molecule has 3 aromatic rings. The van der Waals surface area contributed by atoms with Crippen molar-refractivity contribution in [1.82, 2.24) is 15.8 Å². The maximum Gasteiger partial charge on any atom is 0.273 e. The van der Waals surface area contributed by atoms with Crippen molar-refractivity contribution in [3.63, 3.8) is 0 Å². The lowest BCUT2D eigenvalue weighted by atomic mass is 10.2. The van der Waals surface area contributed by atoms with Gasteiger partial charge in [0.2, 0.25) is 5.91 Å². The van der Waals surface area contributed by atoms with Crippen LogP contribution < -0.4 is 15.6 Å². The van der Waals surface area contributed by atoms with Crippen molar-refractivity contribution in [1.29, 1.82) is 0 Å². The summed E-state index contributed by atoms with van der Waals surface area (Å²) in [5.41, 5.74) is 6.78. The lowest BCUT2D eigenvalue weighted by Crippen LogP contribution is -2.42. The summed E-state index contributed by atoms with van der Waals surface area (Å²) in [5, 5.41) is 2.65. The van der Waals surface area contributed by atoms with Crippen LogP contribution in [0, 0.1) is 13.8 Å². The van der Waals surface area contributed by atoms with Gasteiger partial charge in [0.25, 0.3) is 5.91 Å². The van der Waals surface area contributed by atoms with Crippen molar-refractivity contribution in [2.24, 2.45) is 0 Å². The number of nitrogens with one attached hydrogen (secondary N) is 2. The van der Waals surface area contributed by atoms with Gasteiger partial charge in [0.05, 0.1) is 24.3 Å². The van der Waals surface area contributed by atoms with Crippen molar-refractivity contribution in [3.05, 3.63) is 58.5 Å². The van der Waals surface area contributed by atoms with Crippen LogP contribution in [0.1, 0.15) is 34.5 Å². The smallest absolute Gasteiger partial charge is 0.273 e. The molecule has 0 spiro atoms. The zero-order valence-electron chi connectivity index (χ0n) is 15.9. The summed E-state index contributed by atoms with van der Waals surface area (Å²) in [6.07, 6.45) is 0.0667. The summed E-state index contributed by atoms with van der Waals surface area (Å²) < 4.78 is 10.7. The van der Waals surface area contributed by atoms with E-state index in [0.29, 0.717) is 29.4 Å². The number of benzene rings is 1. The molecule has 0 radical (unpaired) electrons. The quantitative estimate of drug-likeness (QED) is 0.620. The van der Waals surface area contributed by atoms with Gasteiger partial charge in [-0.05, 0) is 51.1 Å². The first-order valence-electron chi connectivity index (χ1n) is 8.80. The minimum Gasteiger partial charge on any atom is -0.494 e. The third-order valence-corrected chi connectivity index (χ3v) is 4.85. The Morgan fingerprint density at radius 3 is 2.57 bits per heavy atom. The first kappa shape index (κ1) is 19.6. The molecular weight excluding hydrogens is 378 g/mol. The van der Waals surface area contributed by atoms with Crippen molar-refractivity contribution < 1.29 is 18.7 Å². The topological polar surface area (TPSA) is 93.5 Å². The van der Waals surface area contributed by atoms with Gasteiger partial charge in [0.15, 0.2) is 0 Å². The van der Waals surface area contributed by atoms with E-state index in [2.05, 4.69) is 15.8 Å². The Kier molecular flexibility index (Phi) is 6.10. The Hall–Kier alpha value is -3.13. The van der Waals surface area contributed by atoms with Crippen LogP contribution in [0.2, 0.25) is 0 Å². The zero-order valence-corrected chi connectivity index (χ0v) is 16.7. The van der Waals surface area contributed by atoms with E-state index in [4.69, 9.17) is 9.15 Å². The zero-order chi connectivity index (χ0) is 20.1. The molecule has 2 N–H and O–H groups in total. The number of nitrogens with zero attached hydrogens (tertiary/aromatic N) is 1. The van der Waals surface area contributed by atoms with Gasteiger partial charge in [0.1, 0.15) is 22.3 Å². The Morgan fingerprint density at radius 1 is 1.18 bits per heavy atom. The van der Waals surface area contributed by atoms with E-state index < -0.39 is 5.91 Å². The fraction of sp³-hybridized carbons (Fsp3) is 0.250. The molecule has 146 valence electrons. The number of amides is 2. The van der Waals surface area contributed by atoms with Crippen LogP contribution in [0.15, 0.2) is 40.1 Å². The standard InChI is InChI=1S/C20H21N3O4S/c1-4-26-16-7-5-14(6-8-16)20-21-15(11-28-20)10-18(24)22-23-19(25)17-9-12(2)27-13(17)3/h5-9,11H,4,10H2,1-3H3,(H,22,24)(H,23,25). The maximum atomic E-state index is 12.1. The van der Waals surface area contributed by atoms with Crippen LogP contribution in [-0.2, 0) is 11.2 Å². The number of carbonyl (C=O) groups excluding carboxylic acids is 2. The maximum absolute atomic E-state index is 12.1. The van der Waals surface area contributed by atoms with Crippen LogP contribution in [-0.4, -0.2) is 23.4 Å². The van der Waals surface area contributed by atoms with E-state index in [-0.39, 0.29) is 12.3 Å². The van der Waals surface area contributed by atoms with Gasteiger partial charge in [0, 0.05) is 10.9 Å². The summed E-state index contributed by atoms with van der Waals surface area (Å²) >= 11 is 1.46. The fourth-order valence-corrected chi connectivity index (χ4v) is 3.47. The van der Waals surface area contributed by atoms with E-state index in [1.807, 2.05) is 36.6 Å². The van der Waals surface area contributed by atoms with Crippen LogP contribution in [0.4, 0.5) is 0 Å². The Morgan fingerprint density at radius 2 is 1.93 bits per heavy atom. The number of hydrogen-bond acceptors (Lipinski definition) is 6. The molecule has 0 bridgehead atoms. The lowest BCUT2D eigenvalue weighted by Gasteiger charge is -2.05. The molecule has 0 unspecified atom stereocenters. The second-order valence-electron chi connectivity index (χ2n) is 6.11. The summed E-state index contributed by atoms with van der Waals surface area (Å²) in [5.74, 6) is 1.18. The molecule has 0 fully saturated rings. The number of hydrazine groups is 1. The second kappa shape index (κ2) is 8.71. The highest BCUT2D eigenvalue weighted by Gasteiger charge is 2.15. The molecular formula is C20H21N3O4S. The minimum atomic E-state index is -0.420. The van der Waals surface area contributed by atoms with Gasteiger partial charge in [-0.1, -0.05) is 0 Å². The number of aromatic nitrogens is 1. The number of hydrogen-bond donors (Lipinski definition) is 2. The SMILES string of the molecule is CCOc1ccc(-c2nc(CC(=O)NNC(=O)c3cc(C)oc3C)cs2)cc1. The molecule has 0 saturated carbocycles. The number of carbonyl (C=O) groups is 2. The average Bonchev–Trinajstić information content (AvgIpc) is 3.26. The largest absolute Gasteiger partial charge is 0.494 e. The van der Waals surface area contributed by atoms with Gasteiger partial charge >= 0.3 is 0 Å². The molecule has 2 aromatic heterocycles. The van der Waals surface area contributed by atoms with Crippen LogP contribution >= 0.6 is 11.3 Å². The number of rotatable bonds is 6. The summed E-state index contributed by atoms with van der Waals surface area (Å²) in [4.78, 5) is 28.7. The minimum absolute atomic E-state index is 0.0667. The van der Waals surface area contributed by atoms with Crippen LogP contribution in [0.25, 0.3) is 10.6 Å². The van der Waals surface area contributed by atoms with Gasteiger partial charge in [-0.15, -0.1) is 11.3 Å². The predicted octanol–water partition coefficient (Wildman–Crippen LogP) is 3.42. The van der Waals surface area contributed by atoms with Crippen molar-refractivity contribution in [2.75, 3.05) is 6.61 Å². The molecule has 2 amide bonds. The normalized spacial score (nSPS) is 10.5. The van der Waals surface area contributed by atoms with Crippen molar-refractivity contribution in [2.45, 2.75) is 27.2 Å². The van der Waals surface area contributed by atoms with E-state index >= 15 is 0 Å². The van der Waals surface area contributed by atoms with Crippen molar-refractivity contribution in [3.8, 4) is 16.3 Å². The summed E-state index contributed by atoms with van der Waals surface area (Å²) in [6.45, 7) is 6.01. The molecule has 0 aliphatic carbocycles. The summed E-state index contributed by atoms with van der Waals surface area (Å²) in [6, 6.07) is 9.27. The Balaban J connectivity index is 1.55. The summed E-state index contributed by atoms with van der Waals surface area (Å²) in [7, 11) is 0. The molecule has 2 heterocycles. The van der Waals surface area contributed by atoms with E-state index in [1.54, 1.807) is 19.9 Å². The number of ether oxygens (including phenoxy) is 1. The lowest BCUT2D eigenvalue weighted by molar-refractivity contribution is -0.121. The van der Waals surface area contributed by atoms with Crippen LogP contribution in [0.3, 0.4) is 0 Å². The Bertz CT molecular complexity index is 976. The highest BCUT2D eigenvalue weighted by Crippen LogP contribution is 2.26. The van der Waals surface area contributed by atoms with E-state index in [9.17, 15) is 9.59 Å². The molecule has 0 aliphatic heterocycles. The number of aryl methyl sites for hydroxylation is 2. The van der Waals surface area contributed by atoms with E-state index in [1.165, 1.54) is 11.3 Å². The van der Waals surface area contributed by atoms with Crippen molar-refractivity contribution >= 4 is 23.2 Å². The molecule has 7 nitrogen and oxygen atoms in total. The molecule has 3 rings (SSSR count). The third-order valence-electron chi connectivity index (χ3n) is 3.91. The van der Waals surface area contributed by atoms with Gasteiger partial charge in [-0.2, -0.15) is 0 Å². The first-order valence-corrected chi connectivity index (χ1v) is 9.68. The highest BCUT2D eigenvalue weighted by molar-refractivity contribution is 7.13. The third kappa shape index (κ3) is 4.77. The molecule has 28 heavy (non-hydrogen) atoms. The molecule has 8 heteroatoms. The molecule has 0 saturated heterocycles. The van der Waals surface area contributed by atoms with Gasteiger partial charge < -0.3 is 9.15 Å². The molecule has 1 aromatic carbocycles. The number of thiazole rings is 1. The van der Waals surface area contributed by atoms with Gasteiger partial charge in [-0.3, -0.25) is 20.4 Å². The molecule has 0 atom stereocenters. The van der Waals surface area contributed by atoms with Gasteiger partial charge in [-0.25, -0.2) is 4.98 Å². The first-order chi connectivity index (χ1) is 13.5. The number of furan rings is 1. The second-order valence-corrected chi connectivity index (χ2v) is 6.97. The fourth-order valence-electron chi connectivity index (χ4n) is 2.64. The monoisotopic (exact) mass is 399 g/mol. The molecule has 0 aliphatic rings. The van der Waals surface area contributed by atoms with Crippen LogP contribution in [0.5, 0.6) is 5.75 Å². The Labute approximate surface area is 166 Å². The van der Waals surface area contributed by atoms with E-state index in [0.717, 1.165) is 16.3 Å².